The number of carbonyl (C=O) groups excluding carboxylic acids is 2. The molecule has 1 aliphatic heterocycles. The summed E-state index contributed by atoms with van der Waals surface area (Å²) in [6.07, 6.45) is -3.79. The van der Waals surface area contributed by atoms with Crippen molar-refractivity contribution in [2.75, 3.05) is 11.9 Å². The molecule has 0 spiro atoms. The predicted molar refractivity (Wildman–Crippen MR) is 97.1 cm³/mol. The number of fused-ring (bicyclic) bond motifs is 1. The van der Waals surface area contributed by atoms with E-state index in [-0.39, 0.29) is 32.1 Å². The maximum atomic E-state index is 13.0. The van der Waals surface area contributed by atoms with E-state index in [1.54, 1.807) is 0 Å². The molecule has 1 heterocycles. The number of rotatable bonds is 5. The second-order valence-corrected chi connectivity index (χ2v) is 8.06. The van der Waals surface area contributed by atoms with Gasteiger partial charge in [0.1, 0.15) is 0 Å². The highest BCUT2D eigenvalue weighted by Crippen LogP contribution is 2.42. The van der Waals surface area contributed by atoms with Crippen LogP contribution in [0, 0.1) is 0 Å². The summed E-state index contributed by atoms with van der Waals surface area (Å²) in [5.74, 6) is -2.22. The van der Waals surface area contributed by atoms with Crippen LogP contribution in [0.25, 0.3) is 0 Å². The first-order valence-electron chi connectivity index (χ1n) is 7.64. The summed E-state index contributed by atoms with van der Waals surface area (Å²) < 4.78 is 62.3. The number of hydrogen-bond acceptors (Lipinski definition) is 7. The van der Waals surface area contributed by atoms with Crippen LogP contribution in [0.4, 0.5) is 14.5 Å². The molecule has 2 aromatic rings. The van der Waals surface area contributed by atoms with E-state index < -0.39 is 34.8 Å². The van der Waals surface area contributed by atoms with Gasteiger partial charge in [0.25, 0.3) is 5.91 Å². The highest BCUT2D eigenvalue weighted by Gasteiger charge is 2.43. The average molecular weight is 493 g/mol. The molecular formula is C16H11BrF2N2O7S. The lowest BCUT2D eigenvalue weighted by atomic mass is 10.2. The number of sulfonamides is 1. The number of carbonyl (C=O) groups is 2. The number of halogens is 3. The van der Waals surface area contributed by atoms with Crippen LogP contribution < -0.4 is 19.9 Å². The Morgan fingerprint density at radius 1 is 1.14 bits per heavy atom. The first-order valence-corrected chi connectivity index (χ1v) is 9.98. The Hall–Kier alpha value is -2.77. The van der Waals surface area contributed by atoms with Crippen LogP contribution in [0.2, 0.25) is 0 Å². The van der Waals surface area contributed by atoms with Crippen molar-refractivity contribution < 1.29 is 41.0 Å². The van der Waals surface area contributed by atoms with Crippen LogP contribution >= 0.6 is 15.9 Å². The third kappa shape index (κ3) is 4.99. The molecule has 0 atom stereocenters. The van der Waals surface area contributed by atoms with Crippen LogP contribution in [0.5, 0.6) is 11.5 Å². The smallest absolute Gasteiger partial charge is 0.452 e. The molecule has 0 saturated carbocycles. The third-order valence-corrected chi connectivity index (χ3v) is 5.11. The second kappa shape index (κ2) is 7.57. The van der Waals surface area contributed by atoms with Crippen LogP contribution in [0.1, 0.15) is 10.4 Å². The number of hydrogen-bond donors (Lipinski definition) is 2. The predicted octanol–water partition coefficient (Wildman–Crippen LogP) is 2.21. The topological polar surface area (TPSA) is 134 Å². The van der Waals surface area contributed by atoms with Gasteiger partial charge in [-0.05, 0) is 46.3 Å². The highest BCUT2D eigenvalue weighted by molar-refractivity contribution is 9.10. The Labute approximate surface area is 170 Å². The van der Waals surface area contributed by atoms with Crippen molar-refractivity contribution >= 4 is 43.5 Å². The molecule has 0 bridgehead atoms. The summed E-state index contributed by atoms with van der Waals surface area (Å²) in [6, 6.07) is 7.05. The molecule has 0 fully saturated rings. The average Bonchev–Trinajstić information content (AvgIpc) is 2.92. The zero-order chi connectivity index (χ0) is 21.4. The number of anilines is 1. The number of ether oxygens (including phenoxy) is 3. The fraction of sp³-hybridized carbons (Fsp3) is 0.125. The van der Waals surface area contributed by atoms with Gasteiger partial charge in [0, 0.05) is 16.2 Å². The third-order valence-electron chi connectivity index (χ3n) is 3.51. The number of alkyl halides is 2. The van der Waals surface area contributed by atoms with Gasteiger partial charge in [0.05, 0.1) is 10.5 Å². The van der Waals surface area contributed by atoms with E-state index in [1.807, 2.05) is 0 Å². The molecule has 154 valence electrons. The fourth-order valence-corrected chi connectivity index (χ4v) is 3.22. The van der Waals surface area contributed by atoms with Gasteiger partial charge >= 0.3 is 12.3 Å². The molecule has 2 aromatic carbocycles. The standard InChI is InChI=1S/C16H11BrF2N2O7S/c17-11-3-2-9(29(20,24)25)6-10(11)15(23)26-7-14(22)21-8-1-4-12-13(5-8)28-16(18,19)27-12/h1-6H,7H2,(H,21,22)(H2,20,24,25). The summed E-state index contributed by atoms with van der Waals surface area (Å²) in [5, 5.41) is 7.35. The Balaban J connectivity index is 1.63. The van der Waals surface area contributed by atoms with Crippen molar-refractivity contribution in [2.24, 2.45) is 5.14 Å². The molecule has 0 radical (unpaired) electrons. The molecule has 9 nitrogen and oxygen atoms in total. The Bertz CT molecular complexity index is 1110. The number of nitrogens with one attached hydrogen (secondary N) is 1. The molecule has 1 amide bonds. The van der Waals surface area contributed by atoms with E-state index in [1.165, 1.54) is 24.3 Å². The molecule has 0 saturated heterocycles. The van der Waals surface area contributed by atoms with Gasteiger partial charge in [-0.2, -0.15) is 0 Å². The van der Waals surface area contributed by atoms with Crippen molar-refractivity contribution in [3.8, 4) is 11.5 Å². The Morgan fingerprint density at radius 2 is 1.83 bits per heavy atom. The van der Waals surface area contributed by atoms with Crippen LogP contribution in [0.3, 0.4) is 0 Å². The van der Waals surface area contributed by atoms with Crippen molar-refractivity contribution in [3.63, 3.8) is 0 Å². The molecule has 0 unspecified atom stereocenters. The second-order valence-electron chi connectivity index (χ2n) is 5.64. The monoisotopic (exact) mass is 492 g/mol. The van der Waals surface area contributed by atoms with Crippen LogP contribution in [0.15, 0.2) is 45.8 Å². The van der Waals surface area contributed by atoms with Crippen molar-refractivity contribution in [2.45, 2.75) is 11.2 Å². The van der Waals surface area contributed by atoms with E-state index in [2.05, 4.69) is 30.7 Å². The summed E-state index contributed by atoms with van der Waals surface area (Å²) in [5.41, 5.74) is -0.0573. The van der Waals surface area contributed by atoms with Crippen molar-refractivity contribution in [1.29, 1.82) is 0 Å². The normalized spacial score (nSPS) is 14.3. The lowest BCUT2D eigenvalue weighted by molar-refractivity contribution is -0.286. The Morgan fingerprint density at radius 3 is 2.52 bits per heavy atom. The van der Waals surface area contributed by atoms with E-state index >= 15 is 0 Å². The summed E-state index contributed by atoms with van der Waals surface area (Å²) in [4.78, 5) is 23.8. The lowest BCUT2D eigenvalue weighted by Crippen LogP contribution is -2.25. The molecule has 13 heteroatoms. The van der Waals surface area contributed by atoms with E-state index in [0.29, 0.717) is 0 Å². The van der Waals surface area contributed by atoms with Gasteiger partial charge in [-0.3, -0.25) is 4.79 Å². The summed E-state index contributed by atoms with van der Waals surface area (Å²) >= 11 is 3.07. The van der Waals surface area contributed by atoms with Gasteiger partial charge < -0.3 is 19.5 Å². The largest absolute Gasteiger partial charge is 0.586 e. The molecule has 29 heavy (non-hydrogen) atoms. The highest BCUT2D eigenvalue weighted by atomic mass is 79.9. The van der Waals surface area contributed by atoms with Crippen molar-refractivity contribution in [1.82, 2.24) is 0 Å². The first-order chi connectivity index (χ1) is 13.4. The summed E-state index contributed by atoms with van der Waals surface area (Å²) in [7, 11) is -4.04. The SMILES string of the molecule is NS(=O)(=O)c1ccc(Br)c(C(=O)OCC(=O)Nc2ccc3c(c2)OC(F)(F)O3)c1. The van der Waals surface area contributed by atoms with Gasteiger partial charge in [-0.1, -0.05) is 0 Å². The number of primary sulfonamides is 1. The minimum absolute atomic E-state index is 0.100. The number of benzene rings is 2. The maximum absolute atomic E-state index is 13.0. The number of amides is 1. The minimum Gasteiger partial charge on any atom is -0.452 e. The number of esters is 1. The zero-order valence-electron chi connectivity index (χ0n) is 14.1. The van der Waals surface area contributed by atoms with E-state index in [4.69, 9.17) is 9.88 Å². The zero-order valence-corrected chi connectivity index (χ0v) is 16.6. The fourth-order valence-electron chi connectivity index (χ4n) is 2.27. The van der Waals surface area contributed by atoms with Crippen LogP contribution in [-0.2, 0) is 19.6 Å². The molecule has 0 aliphatic carbocycles. The van der Waals surface area contributed by atoms with E-state index in [9.17, 15) is 26.8 Å². The van der Waals surface area contributed by atoms with Gasteiger partial charge in [-0.15, -0.1) is 8.78 Å². The first kappa shape index (κ1) is 21.0. The Kier molecular flexibility index (Phi) is 5.47. The van der Waals surface area contributed by atoms with Gasteiger partial charge in [-0.25, -0.2) is 18.4 Å². The molecule has 3 N–H and O–H groups in total. The quantitative estimate of drug-likeness (QED) is 0.610. The molecule has 0 aromatic heterocycles. The molecular weight excluding hydrogens is 482 g/mol. The molecule has 3 rings (SSSR count). The number of nitrogens with two attached hydrogens (primary N) is 1. The van der Waals surface area contributed by atoms with Gasteiger partial charge in [0.2, 0.25) is 10.0 Å². The van der Waals surface area contributed by atoms with Crippen LogP contribution in [-0.4, -0.2) is 33.2 Å². The minimum atomic E-state index is -4.04. The van der Waals surface area contributed by atoms with Gasteiger partial charge in [0.15, 0.2) is 18.1 Å². The molecule has 1 aliphatic rings. The van der Waals surface area contributed by atoms with E-state index in [0.717, 1.165) is 12.1 Å². The maximum Gasteiger partial charge on any atom is 0.586 e. The van der Waals surface area contributed by atoms with Crippen molar-refractivity contribution in [3.05, 3.63) is 46.4 Å². The summed E-state index contributed by atoms with van der Waals surface area (Å²) in [6.45, 7) is -0.727. The lowest BCUT2D eigenvalue weighted by Gasteiger charge is -2.09.